The summed E-state index contributed by atoms with van der Waals surface area (Å²) in [5, 5.41) is 6.69. The predicted octanol–water partition coefficient (Wildman–Crippen LogP) is 2.88. The smallest absolute Gasteiger partial charge is 0.268 e. The highest BCUT2D eigenvalue weighted by molar-refractivity contribution is 6.08. The van der Waals surface area contributed by atoms with Crippen molar-refractivity contribution in [1.29, 1.82) is 0 Å². The van der Waals surface area contributed by atoms with E-state index in [4.69, 9.17) is 0 Å². The van der Waals surface area contributed by atoms with Gasteiger partial charge >= 0.3 is 0 Å². The Morgan fingerprint density at radius 2 is 2.12 bits per heavy atom. The van der Waals surface area contributed by atoms with Gasteiger partial charge in [-0.3, -0.25) is 14.6 Å². The fraction of sp³-hybridized carbons (Fsp3) is 0.211. The molecule has 0 saturated heterocycles. The number of H-pyrrole nitrogens is 1. The second-order valence-corrected chi connectivity index (χ2v) is 6.15. The van der Waals surface area contributed by atoms with Crippen LogP contribution in [0.15, 0.2) is 42.7 Å². The summed E-state index contributed by atoms with van der Waals surface area (Å²) < 4.78 is 0. The summed E-state index contributed by atoms with van der Waals surface area (Å²) in [6.45, 7) is 0.701. The van der Waals surface area contributed by atoms with E-state index in [2.05, 4.69) is 20.6 Å². The van der Waals surface area contributed by atoms with Crippen LogP contribution in [0.3, 0.4) is 0 Å². The van der Waals surface area contributed by atoms with Crippen LogP contribution in [-0.2, 0) is 6.42 Å². The fourth-order valence-electron chi connectivity index (χ4n) is 3.20. The maximum Gasteiger partial charge on any atom is 0.268 e. The first kappa shape index (κ1) is 15.4. The average Bonchev–Trinajstić information content (AvgIpc) is 2.98. The first-order valence-corrected chi connectivity index (χ1v) is 8.36. The molecule has 0 bridgehead atoms. The largest absolute Gasteiger partial charge is 0.351 e. The number of fused-ring (bicyclic) bond motifs is 3. The van der Waals surface area contributed by atoms with E-state index in [9.17, 15) is 9.59 Å². The summed E-state index contributed by atoms with van der Waals surface area (Å²) in [6.07, 6.45) is 6.05. The number of benzene rings is 1. The normalized spacial score (nSPS) is 14.3. The average molecular weight is 334 g/mol. The highest BCUT2D eigenvalue weighted by atomic mass is 16.2. The molecule has 126 valence electrons. The maximum absolute atomic E-state index is 12.5. The molecule has 3 aromatic rings. The van der Waals surface area contributed by atoms with Crippen LogP contribution in [0.4, 0.5) is 5.69 Å². The van der Waals surface area contributed by atoms with Crippen molar-refractivity contribution in [3.05, 3.63) is 59.5 Å². The minimum absolute atomic E-state index is 0.0766. The number of amides is 2. The number of carbonyl (C=O) groups is 2. The lowest BCUT2D eigenvalue weighted by atomic mass is 10.0. The molecule has 1 aliphatic heterocycles. The van der Waals surface area contributed by atoms with Crippen molar-refractivity contribution in [3.8, 4) is 0 Å². The second-order valence-electron chi connectivity index (χ2n) is 6.15. The first-order chi connectivity index (χ1) is 12.2. The molecule has 25 heavy (non-hydrogen) atoms. The monoisotopic (exact) mass is 334 g/mol. The van der Waals surface area contributed by atoms with Gasteiger partial charge < -0.3 is 15.6 Å². The predicted molar refractivity (Wildman–Crippen MR) is 95.8 cm³/mol. The van der Waals surface area contributed by atoms with Crippen LogP contribution in [0.1, 0.15) is 39.3 Å². The number of anilines is 1. The highest BCUT2D eigenvalue weighted by Crippen LogP contribution is 2.26. The summed E-state index contributed by atoms with van der Waals surface area (Å²) in [5.41, 5.74) is 3.68. The van der Waals surface area contributed by atoms with Crippen LogP contribution in [0, 0.1) is 0 Å². The number of rotatable bonds is 2. The third-order valence-electron chi connectivity index (χ3n) is 4.45. The van der Waals surface area contributed by atoms with E-state index in [1.165, 1.54) is 0 Å². The van der Waals surface area contributed by atoms with Crippen LogP contribution >= 0.6 is 0 Å². The number of aryl methyl sites for hydroxylation is 1. The van der Waals surface area contributed by atoms with Gasteiger partial charge in [0, 0.05) is 29.2 Å². The van der Waals surface area contributed by atoms with Crippen LogP contribution in [0.5, 0.6) is 0 Å². The molecule has 4 rings (SSSR count). The van der Waals surface area contributed by atoms with Gasteiger partial charge in [-0.1, -0.05) is 0 Å². The zero-order valence-corrected chi connectivity index (χ0v) is 13.6. The number of pyridine rings is 1. The number of aromatic nitrogens is 2. The zero-order chi connectivity index (χ0) is 17.2. The van der Waals surface area contributed by atoms with Crippen molar-refractivity contribution in [2.75, 3.05) is 11.9 Å². The summed E-state index contributed by atoms with van der Waals surface area (Å²) in [5.74, 6) is -0.271. The van der Waals surface area contributed by atoms with E-state index in [0.29, 0.717) is 23.5 Å². The third kappa shape index (κ3) is 2.98. The van der Waals surface area contributed by atoms with E-state index >= 15 is 0 Å². The number of hydrogen-bond donors (Lipinski definition) is 3. The van der Waals surface area contributed by atoms with Gasteiger partial charge in [-0.15, -0.1) is 0 Å². The molecule has 0 fully saturated rings. The lowest BCUT2D eigenvalue weighted by Crippen LogP contribution is -2.27. The molecule has 2 aromatic heterocycles. The van der Waals surface area contributed by atoms with Gasteiger partial charge in [-0.25, -0.2) is 0 Å². The van der Waals surface area contributed by atoms with Gasteiger partial charge in [0.15, 0.2) is 0 Å². The van der Waals surface area contributed by atoms with Crippen LogP contribution in [-0.4, -0.2) is 28.3 Å². The minimum Gasteiger partial charge on any atom is -0.351 e. The molecule has 3 heterocycles. The van der Waals surface area contributed by atoms with E-state index < -0.39 is 0 Å². The van der Waals surface area contributed by atoms with Crippen LogP contribution < -0.4 is 10.6 Å². The zero-order valence-electron chi connectivity index (χ0n) is 13.6. The first-order valence-electron chi connectivity index (χ1n) is 8.36. The molecule has 6 heteroatoms. The number of nitrogens with one attached hydrogen (secondary N) is 3. The number of carbonyl (C=O) groups excluding carboxylic acids is 2. The Balaban J connectivity index is 1.71. The van der Waals surface area contributed by atoms with Crippen molar-refractivity contribution >= 4 is 28.4 Å². The molecule has 6 nitrogen and oxygen atoms in total. The highest BCUT2D eigenvalue weighted by Gasteiger charge is 2.20. The molecule has 0 saturated carbocycles. The van der Waals surface area contributed by atoms with E-state index in [1.54, 1.807) is 30.6 Å². The summed E-state index contributed by atoms with van der Waals surface area (Å²) >= 11 is 0. The maximum atomic E-state index is 12.5. The molecule has 0 atom stereocenters. The minimum atomic E-state index is -0.194. The van der Waals surface area contributed by atoms with E-state index in [1.807, 2.05) is 12.1 Å². The molecule has 2 amide bonds. The second kappa shape index (κ2) is 6.39. The molecule has 0 unspecified atom stereocenters. The van der Waals surface area contributed by atoms with Crippen molar-refractivity contribution < 1.29 is 9.59 Å². The lowest BCUT2D eigenvalue weighted by Gasteiger charge is -2.11. The van der Waals surface area contributed by atoms with Crippen molar-refractivity contribution in [2.45, 2.75) is 19.3 Å². The summed E-state index contributed by atoms with van der Waals surface area (Å²) in [4.78, 5) is 32.0. The van der Waals surface area contributed by atoms with Crippen molar-refractivity contribution in [1.82, 2.24) is 15.3 Å². The molecule has 1 aromatic carbocycles. The molecule has 3 N–H and O–H groups in total. The Morgan fingerprint density at radius 3 is 2.96 bits per heavy atom. The van der Waals surface area contributed by atoms with Gasteiger partial charge in [0.25, 0.3) is 11.8 Å². The Labute approximate surface area is 144 Å². The standard InChI is InChI=1S/C19H18N4O2/c24-18(22-13-4-3-8-20-11-13)12-6-7-16-15(10-12)14-5-1-2-9-21-19(25)17(14)23-16/h3-4,6-8,10-11,23H,1-2,5,9H2,(H,21,25)(H,22,24). The summed E-state index contributed by atoms with van der Waals surface area (Å²) in [6, 6.07) is 9.03. The van der Waals surface area contributed by atoms with Gasteiger partial charge in [0.2, 0.25) is 0 Å². The Kier molecular flexibility index (Phi) is 3.93. The third-order valence-corrected chi connectivity index (χ3v) is 4.45. The van der Waals surface area contributed by atoms with Gasteiger partial charge in [0.05, 0.1) is 11.9 Å². The Hall–Kier alpha value is -3.15. The topological polar surface area (TPSA) is 86.9 Å². The Bertz CT molecular complexity index is 947. The van der Waals surface area contributed by atoms with E-state index in [-0.39, 0.29) is 11.8 Å². The quantitative estimate of drug-likeness (QED) is 0.673. The lowest BCUT2D eigenvalue weighted by molar-refractivity contribution is 0.0945. The molecule has 0 spiro atoms. The molecular formula is C19H18N4O2. The van der Waals surface area contributed by atoms with Crippen molar-refractivity contribution in [3.63, 3.8) is 0 Å². The Morgan fingerprint density at radius 1 is 1.20 bits per heavy atom. The molecule has 0 radical (unpaired) electrons. The van der Waals surface area contributed by atoms with Crippen LogP contribution in [0.25, 0.3) is 10.9 Å². The van der Waals surface area contributed by atoms with E-state index in [0.717, 1.165) is 35.7 Å². The number of aromatic amines is 1. The van der Waals surface area contributed by atoms with Crippen LogP contribution in [0.2, 0.25) is 0 Å². The number of hydrogen-bond acceptors (Lipinski definition) is 3. The molecular weight excluding hydrogens is 316 g/mol. The van der Waals surface area contributed by atoms with Gasteiger partial charge in [0.1, 0.15) is 5.69 Å². The molecule has 1 aliphatic rings. The SMILES string of the molecule is O=C(Nc1cccnc1)c1ccc2[nH]c3c(c2c1)CCCCNC3=O. The summed E-state index contributed by atoms with van der Waals surface area (Å²) in [7, 11) is 0. The fourth-order valence-corrected chi connectivity index (χ4v) is 3.20. The number of nitrogens with zero attached hydrogens (tertiary/aromatic N) is 1. The van der Waals surface area contributed by atoms with Crippen molar-refractivity contribution in [2.24, 2.45) is 0 Å². The molecule has 0 aliphatic carbocycles. The van der Waals surface area contributed by atoms with Gasteiger partial charge in [-0.05, 0) is 55.2 Å². The van der Waals surface area contributed by atoms with Gasteiger partial charge in [-0.2, -0.15) is 0 Å².